The average Bonchev–Trinajstić information content (AvgIpc) is 3.25. The van der Waals surface area contributed by atoms with Gasteiger partial charge in [-0.05, 0) is 38.8 Å². The van der Waals surface area contributed by atoms with Crippen molar-refractivity contribution in [2.24, 2.45) is 0 Å². The van der Waals surface area contributed by atoms with Crippen LogP contribution in [0.15, 0.2) is 16.3 Å². The number of aromatic nitrogens is 1. The molecule has 148 valence electrons. The molecular formula is C18H25N3O3S3. The molecule has 0 atom stereocenters. The molecule has 1 aliphatic rings. The van der Waals surface area contributed by atoms with E-state index in [1.165, 1.54) is 27.0 Å². The second kappa shape index (κ2) is 8.38. The van der Waals surface area contributed by atoms with E-state index in [0.717, 1.165) is 34.8 Å². The van der Waals surface area contributed by atoms with Gasteiger partial charge >= 0.3 is 0 Å². The first-order chi connectivity index (χ1) is 12.8. The van der Waals surface area contributed by atoms with Crippen molar-refractivity contribution in [1.29, 1.82) is 0 Å². The zero-order valence-corrected chi connectivity index (χ0v) is 18.3. The summed E-state index contributed by atoms with van der Waals surface area (Å²) in [4.78, 5) is 20.8. The normalized spacial score (nSPS) is 16.0. The van der Waals surface area contributed by atoms with Crippen LogP contribution >= 0.6 is 22.7 Å². The van der Waals surface area contributed by atoms with E-state index < -0.39 is 10.0 Å². The molecule has 1 aliphatic heterocycles. The van der Waals surface area contributed by atoms with Gasteiger partial charge in [-0.15, -0.1) is 22.7 Å². The largest absolute Gasteiger partial charge is 0.335 e. The number of carbonyl (C=O) groups is 1. The highest BCUT2D eigenvalue weighted by Crippen LogP contribution is 2.26. The molecular weight excluding hydrogens is 402 g/mol. The summed E-state index contributed by atoms with van der Waals surface area (Å²) in [7, 11) is -3.47. The number of thiophene rings is 1. The second-order valence-electron chi connectivity index (χ2n) is 6.69. The lowest BCUT2D eigenvalue weighted by Gasteiger charge is -2.33. The lowest BCUT2D eigenvalue weighted by molar-refractivity contribution is 0.0702. The Balaban J connectivity index is 1.65. The summed E-state index contributed by atoms with van der Waals surface area (Å²) in [5.41, 5.74) is 0.778. The van der Waals surface area contributed by atoms with E-state index in [9.17, 15) is 13.2 Å². The number of amides is 1. The second-order valence-corrected chi connectivity index (χ2v) is 11.2. The molecule has 3 rings (SSSR count). The van der Waals surface area contributed by atoms with Crippen LogP contribution in [0.1, 0.15) is 45.0 Å². The molecule has 0 N–H and O–H groups in total. The number of nitrogens with zero attached hydrogens (tertiary/aromatic N) is 3. The molecule has 0 unspecified atom stereocenters. The van der Waals surface area contributed by atoms with Crippen LogP contribution < -0.4 is 0 Å². The Kier molecular flexibility index (Phi) is 6.35. The molecule has 0 spiro atoms. The van der Waals surface area contributed by atoms with Gasteiger partial charge in [0.1, 0.15) is 9.09 Å². The van der Waals surface area contributed by atoms with Gasteiger partial charge < -0.3 is 4.90 Å². The van der Waals surface area contributed by atoms with Gasteiger partial charge in [0.15, 0.2) is 0 Å². The summed E-state index contributed by atoms with van der Waals surface area (Å²) >= 11 is 2.76. The summed E-state index contributed by atoms with van der Waals surface area (Å²) in [5.74, 6) is -0.0308. The van der Waals surface area contributed by atoms with E-state index in [0.29, 0.717) is 35.3 Å². The van der Waals surface area contributed by atoms with Gasteiger partial charge in [-0.2, -0.15) is 4.31 Å². The minimum Gasteiger partial charge on any atom is -0.335 e. The van der Waals surface area contributed by atoms with Crippen molar-refractivity contribution < 1.29 is 13.2 Å². The van der Waals surface area contributed by atoms with Crippen LogP contribution in [0.25, 0.3) is 0 Å². The standard InChI is InChI=1S/C18H25N3O3S3/c1-4-5-6-15-19-14(3)17(26-15)18(22)20-9-11-21(12-10-20)27(23,24)16-8-7-13(2)25-16/h7-8H,4-6,9-12H2,1-3H3. The summed E-state index contributed by atoms with van der Waals surface area (Å²) < 4.78 is 27.3. The number of carbonyl (C=O) groups excluding carboxylic acids is 1. The van der Waals surface area contributed by atoms with Crippen LogP contribution in [-0.4, -0.2) is 54.7 Å². The summed E-state index contributed by atoms with van der Waals surface area (Å²) in [6.07, 6.45) is 3.07. The van der Waals surface area contributed by atoms with E-state index in [1.807, 2.05) is 19.9 Å². The van der Waals surface area contributed by atoms with Crippen LogP contribution in [0.4, 0.5) is 0 Å². The Morgan fingerprint density at radius 1 is 1.15 bits per heavy atom. The first-order valence-corrected chi connectivity index (χ1v) is 12.2. The molecule has 0 saturated carbocycles. The first kappa shape index (κ1) is 20.4. The van der Waals surface area contributed by atoms with Crippen molar-refractivity contribution in [3.63, 3.8) is 0 Å². The van der Waals surface area contributed by atoms with E-state index in [2.05, 4.69) is 11.9 Å². The molecule has 3 heterocycles. The fraction of sp³-hybridized carbons (Fsp3) is 0.556. The number of thiazole rings is 1. The maximum Gasteiger partial charge on any atom is 0.265 e. The van der Waals surface area contributed by atoms with Crippen LogP contribution in [-0.2, 0) is 16.4 Å². The van der Waals surface area contributed by atoms with Crippen molar-refractivity contribution >= 4 is 38.6 Å². The smallest absolute Gasteiger partial charge is 0.265 e. The number of aryl methyl sites for hydroxylation is 3. The minimum absolute atomic E-state index is 0.0308. The Labute approximate surface area is 168 Å². The van der Waals surface area contributed by atoms with Gasteiger partial charge in [-0.3, -0.25) is 4.79 Å². The van der Waals surface area contributed by atoms with Crippen LogP contribution in [0.5, 0.6) is 0 Å². The van der Waals surface area contributed by atoms with Gasteiger partial charge in [0.25, 0.3) is 15.9 Å². The number of unbranched alkanes of at least 4 members (excludes halogenated alkanes) is 1. The average molecular weight is 428 g/mol. The zero-order valence-electron chi connectivity index (χ0n) is 15.9. The number of piperazine rings is 1. The molecule has 0 aromatic carbocycles. The summed E-state index contributed by atoms with van der Waals surface area (Å²) in [6.45, 7) is 7.37. The van der Waals surface area contributed by atoms with Crippen LogP contribution in [0.3, 0.4) is 0 Å². The van der Waals surface area contributed by atoms with Crippen molar-refractivity contribution in [1.82, 2.24) is 14.2 Å². The highest BCUT2D eigenvalue weighted by atomic mass is 32.2. The Morgan fingerprint density at radius 2 is 1.85 bits per heavy atom. The molecule has 2 aromatic rings. The molecule has 1 saturated heterocycles. The Bertz CT molecular complexity index is 909. The molecule has 27 heavy (non-hydrogen) atoms. The van der Waals surface area contributed by atoms with Gasteiger partial charge in [0, 0.05) is 31.1 Å². The highest BCUT2D eigenvalue weighted by molar-refractivity contribution is 7.91. The molecule has 6 nitrogen and oxygen atoms in total. The topological polar surface area (TPSA) is 70.6 Å². The number of rotatable bonds is 6. The fourth-order valence-corrected chi connectivity index (χ4v) is 6.97. The monoisotopic (exact) mass is 427 g/mol. The van der Waals surface area contributed by atoms with Gasteiger partial charge in [0.2, 0.25) is 0 Å². The van der Waals surface area contributed by atoms with E-state index >= 15 is 0 Å². The minimum atomic E-state index is -3.47. The quantitative estimate of drug-likeness (QED) is 0.709. The Morgan fingerprint density at radius 3 is 2.44 bits per heavy atom. The van der Waals surface area contributed by atoms with Gasteiger partial charge in [-0.25, -0.2) is 13.4 Å². The van der Waals surface area contributed by atoms with Crippen molar-refractivity contribution in [3.05, 3.63) is 32.6 Å². The van der Waals surface area contributed by atoms with E-state index in [4.69, 9.17) is 0 Å². The lowest BCUT2D eigenvalue weighted by Crippen LogP contribution is -2.50. The fourth-order valence-electron chi connectivity index (χ4n) is 3.04. The third kappa shape index (κ3) is 4.42. The van der Waals surface area contributed by atoms with Crippen LogP contribution in [0, 0.1) is 13.8 Å². The molecule has 1 amide bonds. The third-order valence-electron chi connectivity index (χ3n) is 4.62. The number of hydrogen-bond donors (Lipinski definition) is 0. The highest BCUT2D eigenvalue weighted by Gasteiger charge is 2.32. The van der Waals surface area contributed by atoms with Crippen molar-refractivity contribution in [2.75, 3.05) is 26.2 Å². The number of sulfonamides is 1. The van der Waals surface area contributed by atoms with E-state index in [1.54, 1.807) is 11.0 Å². The first-order valence-electron chi connectivity index (χ1n) is 9.15. The summed E-state index contributed by atoms with van der Waals surface area (Å²) in [6, 6.07) is 3.48. The van der Waals surface area contributed by atoms with Crippen molar-refractivity contribution in [3.8, 4) is 0 Å². The van der Waals surface area contributed by atoms with Crippen molar-refractivity contribution in [2.45, 2.75) is 44.2 Å². The predicted molar refractivity (Wildman–Crippen MR) is 109 cm³/mol. The number of hydrogen-bond acceptors (Lipinski definition) is 6. The van der Waals surface area contributed by atoms with Gasteiger partial charge in [-0.1, -0.05) is 13.3 Å². The third-order valence-corrected chi connectivity index (χ3v) is 9.19. The zero-order chi connectivity index (χ0) is 19.6. The van der Waals surface area contributed by atoms with E-state index in [-0.39, 0.29) is 5.91 Å². The Hall–Kier alpha value is -1.29. The summed E-state index contributed by atoms with van der Waals surface area (Å²) in [5, 5.41) is 1.01. The molecule has 0 radical (unpaired) electrons. The molecule has 0 aliphatic carbocycles. The predicted octanol–water partition coefficient (Wildman–Crippen LogP) is 3.31. The molecule has 2 aromatic heterocycles. The lowest BCUT2D eigenvalue weighted by atomic mass is 10.2. The maximum atomic E-state index is 12.9. The van der Waals surface area contributed by atoms with Gasteiger partial charge in [0.05, 0.1) is 10.7 Å². The van der Waals surface area contributed by atoms with Crippen LogP contribution in [0.2, 0.25) is 0 Å². The molecule has 1 fully saturated rings. The SMILES string of the molecule is CCCCc1nc(C)c(C(=O)N2CCN(S(=O)(=O)c3ccc(C)s3)CC2)s1. The maximum absolute atomic E-state index is 12.9. The molecule has 0 bridgehead atoms. The molecule has 9 heteroatoms.